The van der Waals surface area contributed by atoms with Crippen molar-refractivity contribution in [3.05, 3.63) is 114 Å². The number of nitrogens with one attached hydrogen (secondary N) is 1. The van der Waals surface area contributed by atoms with Crippen molar-refractivity contribution in [3.63, 3.8) is 0 Å². The molecule has 0 fully saturated rings. The Bertz CT molecular complexity index is 1260. The van der Waals surface area contributed by atoms with Crippen molar-refractivity contribution in [2.45, 2.75) is 50.9 Å². The molecule has 35 heavy (non-hydrogen) atoms. The van der Waals surface area contributed by atoms with E-state index in [1.54, 1.807) is 12.5 Å². The van der Waals surface area contributed by atoms with Crippen LogP contribution >= 0.6 is 0 Å². The molecular weight excluding hydrogens is 434 g/mol. The van der Waals surface area contributed by atoms with Crippen LogP contribution in [0.3, 0.4) is 0 Å². The van der Waals surface area contributed by atoms with Crippen LogP contribution in [0, 0.1) is 0 Å². The lowest BCUT2D eigenvalue weighted by atomic mass is 9.79. The van der Waals surface area contributed by atoms with Gasteiger partial charge in [0, 0.05) is 18.9 Å². The number of nitrogens with zero attached hydrogens (tertiary/aromatic N) is 2. The van der Waals surface area contributed by atoms with Crippen LogP contribution in [-0.2, 0) is 21.6 Å². The van der Waals surface area contributed by atoms with E-state index in [1.807, 2.05) is 37.6 Å². The lowest BCUT2D eigenvalue weighted by molar-refractivity contribution is -0.158. The van der Waals surface area contributed by atoms with E-state index >= 15 is 0 Å². The molecule has 0 unspecified atom stereocenters. The van der Waals surface area contributed by atoms with Gasteiger partial charge in [0.2, 0.25) is 0 Å². The number of benzene rings is 3. The summed E-state index contributed by atoms with van der Waals surface area (Å²) in [6, 6.07) is 26.8. The van der Waals surface area contributed by atoms with Crippen LogP contribution in [0.25, 0.3) is 11.1 Å². The van der Waals surface area contributed by atoms with Crippen molar-refractivity contribution < 1.29 is 9.53 Å². The van der Waals surface area contributed by atoms with Crippen molar-refractivity contribution in [1.82, 2.24) is 14.9 Å². The van der Waals surface area contributed by atoms with Crippen LogP contribution in [-0.4, -0.2) is 27.2 Å². The minimum atomic E-state index is -0.690. The Morgan fingerprint density at radius 2 is 1.54 bits per heavy atom. The molecule has 1 N–H and O–H groups in total. The summed E-state index contributed by atoms with van der Waals surface area (Å²) in [5.74, 6) is -0.255. The van der Waals surface area contributed by atoms with E-state index in [9.17, 15) is 4.79 Å². The summed E-state index contributed by atoms with van der Waals surface area (Å²) in [6.07, 6.45) is 6.01. The largest absolute Gasteiger partial charge is 0.459 e. The second kappa shape index (κ2) is 9.16. The molecule has 1 atom stereocenters. The second-order valence-electron chi connectivity index (χ2n) is 10.0. The SMILES string of the molecule is CC(C)(C)OC(=O)[C@H](CCn1ccnc1)NC1(c2ccccc2)c2ccccc2-c2ccccc21. The second-order valence-corrected chi connectivity index (χ2v) is 10.0. The van der Waals surface area contributed by atoms with Crippen LogP contribution in [0.4, 0.5) is 0 Å². The summed E-state index contributed by atoms with van der Waals surface area (Å²) in [5.41, 5.74) is 4.46. The molecular formula is C30H31N3O2. The maximum absolute atomic E-state index is 13.6. The van der Waals surface area contributed by atoms with Gasteiger partial charge in [0.05, 0.1) is 11.9 Å². The first-order valence-corrected chi connectivity index (χ1v) is 12.1. The summed E-state index contributed by atoms with van der Waals surface area (Å²) in [7, 11) is 0. The number of ether oxygens (including phenoxy) is 1. The fourth-order valence-corrected chi connectivity index (χ4v) is 5.05. The zero-order valence-corrected chi connectivity index (χ0v) is 20.4. The molecule has 178 valence electrons. The van der Waals surface area contributed by atoms with E-state index in [-0.39, 0.29) is 5.97 Å². The topological polar surface area (TPSA) is 56.2 Å². The van der Waals surface area contributed by atoms with Crippen molar-refractivity contribution in [3.8, 4) is 11.1 Å². The number of hydrogen-bond donors (Lipinski definition) is 1. The standard InChI is InChI=1S/C30H31N3O2/c1-29(2,3)35-28(34)27(17-19-33-20-18-31-21-33)32-30(22-11-5-4-6-12-22)25-15-9-7-13-23(25)24-14-8-10-16-26(24)30/h4-16,18,20-21,27,32H,17,19H2,1-3H3/t27-/m0/s1. The summed E-state index contributed by atoms with van der Waals surface area (Å²) < 4.78 is 7.90. The van der Waals surface area contributed by atoms with Gasteiger partial charge in [-0.05, 0) is 55.0 Å². The molecule has 0 aliphatic heterocycles. The number of hydrogen-bond acceptors (Lipinski definition) is 4. The van der Waals surface area contributed by atoms with E-state index in [0.29, 0.717) is 13.0 Å². The van der Waals surface area contributed by atoms with Gasteiger partial charge in [-0.2, -0.15) is 0 Å². The highest BCUT2D eigenvalue weighted by molar-refractivity contribution is 5.84. The van der Waals surface area contributed by atoms with E-state index in [1.165, 1.54) is 11.1 Å². The maximum Gasteiger partial charge on any atom is 0.323 e. The van der Waals surface area contributed by atoms with Gasteiger partial charge in [0.15, 0.2) is 0 Å². The van der Waals surface area contributed by atoms with Gasteiger partial charge in [0.25, 0.3) is 0 Å². The Labute approximate surface area is 206 Å². The first-order chi connectivity index (χ1) is 16.9. The minimum absolute atomic E-state index is 0.255. The quantitative estimate of drug-likeness (QED) is 0.364. The van der Waals surface area contributed by atoms with Gasteiger partial charge < -0.3 is 9.30 Å². The molecule has 5 heteroatoms. The number of aromatic nitrogens is 2. The number of esters is 1. The van der Waals surface area contributed by atoms with Gasteiger partial charge in [-0.1, -0.05) is 78.9 Å². The van der Waals surface area contributed by atoms with Gasteiger partial charge >= 0.3 is 5.97 Å². The number of carbonyl (C=O) groups is 1. The fraction of sp³-hybridized carbons (Fsp3) is 0.267. The predicted molar refractivity (Wildman–Crippen MR) is 138 cm³/mol. The molecule has 3 aromatic carbocycles. The zero-order valence-electron chi connectivity index (χ0n) is 20.4. The molecule has 0 amide bonds. The molecule has 0 saturated heterocycles. The molecule has 0 saturated carbocycles. The minimum Gasteiger partial charge on any atom is -0.459 e. The fourth-order valence-electron chi connectivity index (χ4n) is 5.05. The molecule has 1 heterocycles. The third-order valence-corrected chi connectivity index (χ3v) is 6.48. The molecule has 0 spiro atoms. The van der Waals surface area contributed by atoms with Gasteiger partial charge in [-0.3, -0.25) is 10.1 Å². The van der Waals surface area contributed by atoms with Gasteiger partial charge in [0.1, 0.15) is 11.6 Å². The van der Waals surface area contributed by atoms with Crippen LogP contribution < -0.4 is 5.32 Å². The number of carbonyl (C=O) groups excluding carboxylic acids is 1. The summed E-state index contributed by atoms with van der Waals surface area (Å²) in [5, 5.41) is 3.83. The summed E-state index contributed by atoms with van der Waals surface area (Å²) in [4.78, 5) is 17.7. The highest BCUT2D eigenvalue weighted by atomic mass is 16.6. The Hall–Kier alpha value is -3.70. The first kappa shape index (κ1) is 23.1. The molecule has 5 rings (SSSR count). The van der Waals surface area contributed by atoms with Crippen molar-refractivity contribution in [2.75, 3.05) is 0 Å². The van der Waals surface area contributed by atoms with E-state index in [4.69, 9.17) is 4.74 Å². The molecule has 1 aromatic heterocycles. The maximum atomic E-state index is 13.6. The number of imidazole rings is 1. The molecule has 0 radical (unpaired) electrons. The summed E-state index contributed by atoms with van der Waals surface area (Å²) >= 11 is 0. The monoisotopic (exact) mass is 465 g/mol. The Morgan fingerprint density at radius 1 is 0.943 bits per heavy atom. The van der Waals surface area contributed by atoms with E-state index < -0.39 is 17.2 Å². The molecule has 1 aliphatic rings. The van der Waals surface area contributed by atoms with Crippen LogP contribution in [0.15, 0.2) is 97.6 Å². The number of aryl methyl sites for hydroxylation is 1. The number of fused-ring (bicyclic) bond motifs is 3. The van der Waals surface area contributed by atoms with E-state index in [2.05, 4.69) is 83.1 Å². The Morgan fingerprint density at radius 3 is 2.11 bits per heavy atom. The zero-order chi connectivity index (χ0) is 24.5. The van der Waals surface area contributed by atoms with Crippen molar-refractivity contribution in [2.24, 2.45) is 0 Å². The smallest absolute Gasteiger partial charge is 0.323 e. The lowest BCUT2D eigenvalue weighted by Crippen LogP contribution is -2.53. The molecule has 5 nitrogen and oxygen atoms in total. The Balaban J connectivity index is 1.64. The molecule has 1 aliphatic carbocycles. The van der Waals surface area contributed by atoms with Gasteiger partial charge in [-0.15, -0.1) is 0 Å². The average Bonchev–Trinajstić information content (AvgIpc) is 3.47. The lowest BCUT2D eigenvalue weighted by Gasteiger charge is -2.38. The summed E-state index contributed by atoms with van der Waals surface area (Å²) in [6.45, 7) is 6.37. The first-order valence-electron chi connectivity index (χ1n) is 12.1. The van der Waals surface area contributed by atoms with E-state index in [0.717, 1.165) is 16.7 Å². The third-order valence-electron chi connectivity index (χ3n) is 6.48. The molecule has 4 aromatic rings. The van der Waals surface area contributed by atoms with Crippen molar-refractivity contribution in [1.29, 1.82) is 0 Å². The highest BCUT2D eigenvalue weighted by Gasteiger charge is 2.47. The Kier molecular flexibility index (Phi) is 6.03. The van der Waals surface area contributed by atoms with Gasteiger partial charge in [-0.25, -0.2) is 4.98 Å². The average molecular weight is 466 g/mol. The number of rotatable bonds is 7. The third kappa shape index (κ3) is 4.40. The van der Waals surface area contributed by atoms with Crippen LogP contribution in [0.5, 0.6) is 0 Å². The normalized spacial score (nSPS) is 14.7. The highest BCUT2D eigenvalue weighted by Crippen LogP contribution is 2.51. The van der Waals surface area contributed by atoms with Crippen LogP contribution in [0.1, 0.15) is 43.9 Å². The predicted octanol–water partition coefficient (Wildman–Crippen LogP) is 5.55. The van der Waals surface area contributed by atoms with Crippen molar-refractivity contribution >= 4 is 5.97 Å². The molecule has 0 bridgehead atoms. The van der Waals surface area contributed by atoms with Crippen LogP contribution in [0.2, 0.25) is 0 Å².